The Balaban J connectivity index is 2.26. The van der Waals surface area contributed by atoms with Gasteiger partial charge in [0.25, 0.3) is 0 Å². The summed E-state index contributed by atoms with van der Waals surface area (Å²) in [5.74, 6) is 0.132. The van der Waals surface area contributed by atoms with Gasteiger partial charge in [-0.3, -0.25) is 4.57 Å². The van der Waals surface area contributed by atoms with Crippen molar-refractivity contribution < 1.29 is 0 Å². The molecule has 1 atom stereocenters. The van der Waals surface area contributed by atoms with Crippen LogP contribution in [0.1, 0.15) is 17.0 Å². The molecule has 0 bridgehead atoms. The average molecular weight is 243 g/mol. The smallest absolute Gasteiger partial charge is 0.330 e. The van der Waals surface area contributed by atoms with Gasteiger partial charge in [-0.15, -0.1) is 0 Å². The van der Waals surface area contributed by atoms with Crippen molar-refractivity contribution >= 4 is 0 Å². The highest BCUT2D eigenvalue weighted by Crippen LogP contribution is 2.15. The van der Waals surface area contributed by atoms with Gasteiger partial charge in [-0.1, -0.05) is 30.3 Å². The summed E-state index contributed by atoms with van der Waals surface area (Å²) in [6, 6.07) is 10.00. The molecule has 0 amide bonds. The Morgan fingerprint density at radius 1 is 1.33 bits per heavy atom. The molecule has 18 heavy (non-hydrogen) atoms. The summed E-state index contributed by atoms with van der Waals surface area (Å²) in [6.07, 6.45) is 3.40. The molecular weight excluding hydrogens is 226 g/mol. The fraction of sp³-hybridized carbons (Fsp3) is 0.286. The van der Waals surface area contributed by atoms with Crippen molar-refractivity contribution in [1.29, 1.82) is 0 Å². The molecule has 0 aliphatic carbocycles. The van der Waals surface area contributed by atoms with Crippen LogP contribution < -0.4 is 11.4 Å². The van der Waals surface area contributed by atoms with Crippen molar-refractivity contribution in [3.8, 4) is 0 Å². The summed E-state index contributed by atoms with van der Waals surface area (Å²) < 4.78 is 1.62. The first-order chi connectivity index (χ1) is 8.70. The van der Waals surface area contributed by atoms with Crippen molar-refractivity contribution in [1.82, 2.24) is 9.55 Å². The number of hydrogen-bond acceptors (Lipinski definition) is 3. The summed E-state index contributed by atoms with van der Waals surface area (Å²) in [4.78, 5) is 15.5. The second-order valence-corrected chi connectivity index (χ2v) is 4.41. The quantitative estimate of drug-likeness (QED) is 0.880. The first kappa shape index (κ1) is 12.5. The maximum absolute atomic E-state index is 11.7. The number of aryl methyl sites for hydroxylation is 1. The van der Waals surface area contributed by atoms with Crippen LogP contribution in [0.25, 0.3) is 0 Å². The van der Waals surface area contributed by atoms with Crippen molar-refractivity contribution in [3.63, 3.8) is 0 Å². The fourth-order valence-corrected chi connectivity index (χ4v) is 1.98. The minimum absolute atomic E-state index is 0.132. The maximum atomic E-state index is 11.7. The second-order valence-electron chi connectivity index (χ2n) is 4.41. The van der Waals surface area contributed by atoms with Gasteiger partial charge in [0.2, 0.25) is 0 Å². The van der Waals surface area contributed by atoms with E-state index >= 15 is 0 Å². The van der Waals surface area contributed by atoms with Gasteiger partial charge < -0.3 is 5.73 Å². The number of aromatic nitrogens is 2. The number of nitrogens with two attached hydrogens (primary N) is 1. The molecule has 1 aromatic heterocycles. The normalized spacial score (nSPS) is 12.3. The molecule has 1 aromatic carbocycles. The van der Waals surface area contributed by atoms with Crippen LogP contribution in [0.4, 0.5) is 0 Å². The zero-order chi connectivity index (χ0) is 13.0. The predicted molar refractivity (Wildman–Crippen MR) is 71.5 cm³/mol. The van der Waals surface area contributed by atoms with E-state index in [2.05, 4.69) is 4.98 Å². The number of benzene rings is 1. The number of nitrogens with zero attached hydrogens (tertiary/aromatic N) is 2. The predicted octanol–water partition coefficient (Wildman–Crippen LogP) is 1.29. The molecule has 1 heterocycles. The topological polar surface area (TPSA) is 60.9 Å². The van der Waals surface area contributed by atoms with Crippen LogP contribution in [0, 0.1) is 6.92 Å². The molecule has 0 saturated heterocycles. The van der Waals surface area contributed by atoms with Gasteiger partial charge in [-0.05, 0) is 18.1 Å². The molecule has 94 valence electrons. The number of rotatable bonds is 4. The minimum atomic E-state index is -0.227. The van der Waals surface area contributed by atoms with E-state index in [-0.39, 0.29) is 11.6 Å². The van der Waals surface area contributed by atoms with Crippen LogP contribution >= 0.6 is 0 Å². The Hall–Kier alpha value is -1.94. The Morgan fingerprint density at radius 2 is 2.06 bits per heavy atom. The molecule has 0 saturated carbocycles. The van der Waals surface area contributed by atoms with E-state index in [1.165, 1.54) is 0 Å². The third-order valence-corrected chi connectivity index (χ3v) is 2.96. The maximum Gasteiger partial charge on any atom is 0.347 e. The van der Waals surface area contributed by atoms with Crippen molar-refractivity contribution in [2.24, 2.45) is 5.73 Å². The Bertz CT molecular complexity index is 563. The highest BCUT2D eigenvalue weighted by Gasteiger charge is 2.11. The lowest BCUT2D eigenvalue weighted by atomic mass is 9.99. The standard InChI is InChI=1S/C14H17N3O/c1-11-8-16-14(18)17(9-11)10-13(7-15)12-5-3-2-4-6-12/h2-6,8-9,13H,7,10,15H2,1H3. The average Bonchev–Trinajstić information content (AvgIpc) is 2.41. The van der Waals surface area contributed by atoms with E-state index < -0.39 is 0 Å². The molecule has 0 fully saturated rings. The zero-order valence-corrected chi connectivity index (χ0v) is 10.4. The first-order valence-electron chi connectivity index (χ1n) is 5.99. The van der Waals surface area contributed by atoms with Crippen LogP contribution in [-0.4, -0.2) is 16.1 Å². The van der Waals surface area contributed by atoms with E-state index in [4.69, 9.17) is 5.73 Å². The highest BCUT2D eigenvalue weighted by atomic mass is 16.1. The van der Waals surface area contributed by atoms with Gasteiger partial charge >= 0.3 is 5.69 Å². The molecule has 0 aliphatic rings. The third kappa shape index (κ3) is 2.84. The molecule has 0 radical (unpaired) electrons. The number of hydrogen-bond donors (Lipinski definition) is 1. The summed E-state index contributed by atoms with van der Waals surface area (Å²) >= 11 is 0. The summed E-state index contributed by atoms with van der Waals surface area (Å²) in [5.41, 5.74) is 7.70. The zero-order valence-electron chi connectivity index (χ0n) is 10.4. The van der Waals surface area contributed by atoms with E-state index in [1.54, 1.807) is 10.8 Å². The van der Waals surface area contributed by atoms with Gasteiger partial charge in [0, 0.05) is 31.4 Å². The van der Waals surface area contributed by atoms with Crippen LogP contribution in [0.3, 0.4) is 0 Å². The molecular formula is C14H17N3O. The lowest BCUT2D eigenvalue weighted by Gasteiger charge is -2.16. The van der Waals surface area contributed by atoms with Crippen LogP contribution in [0.2, 0.25) is 0 Å². The fourth-order valence-electron chi connectivity index (χ4n) is 1.98. The Labute approximate surface area is 106 Å². The summed E-state index contributed by atoms with van der Waals surface area (Å²) in [6.45, 7) is 2.99. The molecule has 1 unspecified atom stereocenters. The molecule has 2 rings (SSSR count). The monoisotopic (exact) mass is 243 g/mol. The van der Waals surface area contributed by atoms with Crippen LogP contribution in [-0.2, 0) is 6.54 Å². The van der Waals surface area contributed by atoms with Crippen LogP contribution in [0.15, 0.2) is 47.5 Å². The largest absolute Gasteiger partial charge is 0.347 e. The molecule has 0 aliphatic heterocycles. The summed E-state index contributed by atoms with van der Waals surface area (Å²) in [5, 5.41) is 0. The van der Waals surface area contributed by atoms with Crippen LogP contribution in [0.5, 0.6) is 0 Å². The van der Waals surface area contributed by atoms with Crippen molar-refractivity contribution in [2.45, 2.75) is 19.4 Å². The van der Waals surface area contributed by atoms with E-state index in [1.807, 2.05) is 43.5 Å². The second kappa shape index (κ2) is 5.60. The van der Waals surface area contributed by atoms with Crippen molar-refractivity contribution in [3.05, 3.63) is 64.3 Å². The van der Waals surface area contributed by atoms with Gasteiger partial charge in [0.15, 0.2) is 0 Å². The third-order valence-electron chi connectivity index (χ3n) is 2.96. The Morgan fingerprint density at radius 3 is 2.72 bits per heavy atom. The Kier molecular flexibility index (Phi) is 3.89. The molecule has 2 aromatic rings. The van der Waals surface area contributed by atoms with Gasteiger partial charge in [-0.25, -0.2) is 9.78 Å². The van der Waals surface area contributed by atoms with E-state index in [0.717, 1.165) is 11.1 Å². The lowest BCUT2D eigenvalue weighted by Crippen LogP contribution is -2.28. The molecule has 0 spiro atoms. The molecule has 4 nitrogen and oxygen atoms in total. The molecule has 2 N–H and O–H groups in total. The lowest BCUT2D eigenvalue weighted by molar-refractivity contribution is 0.541. The molecule has 4 heteroatoms. The van der Waals surface area contributed by atoms with Gasteiger partial charge in [0.1, 0.15) is 0 Å². The highest BCUT2D eigenvalue weighted by molar-refractivity contribution is 5.19. The first-order valence-corrected chi connectivity index (χ1v) is 5.99. The minimum Gasteiger partial charge on any atom is -0.330 e. The van der Waals surface area contributed by atoms with E-state index in [0.29, 0.717) is 13.1 Å². The summed E-state index contributed by atoms with van der Waals surface area (Å²) in [7, 11) is 0. The van der Waals surface area contributed by atoms with E-state index in [9.17, 15) is 4.79 Å². The van der Waals surface area contributed by atoms with Gasteiger partial charge in [-0.2, -0.15) is 0 Å². The van der Waals surface area contributed by atoms with Crippen molar-refractivity contribution in [2.75, 3.05) is 6.54 Å². The SMILES string of the molecule is Cc1cnc(=O)n(CC(CN)c2ccccc2)c1. The van der Waals surface area contributed by atoms with Gasteiger partial charge in [0.05, 0.1) is 0 Å².